The van der Waals surface area contributed by atoms with Crippen molar-refractivity contribution in [3.8, 4) is 5.69 Å². The molecule has 168 valence electrons. The Morgan fingerprint density at radius 3 is 2.59 bits per heavy atom. The molecule has 32 heavy (non-hydrogen) atoms. The average molecular weight is 493 g/mol. The first-order valence-corrected chi connectivity index (χ1v) is 12.7. The highest BCUT2D eigenvalue weighted by atomic mass is 35.5. The number of aryl methyl sites for hydroxylation is 1. The maximum absolute atomic E-state index is 12.8. The number of hydrogen-bond acceptors (Lipinski definition) is 7. The van der Waals surface area contributed by atoms with Crippen molar-refractivity contribution in [1.29, 1.82) is 0 Å². The van der Waals surface area contributed by atoms with Gasteiger partial charge in [0.1, 0.15) is 0 Å². The van der Waals surface area contributed by atoms with Crippen molar-refractivity contribution >= 4 is 45.0 Å². The summed E-state index contributed by atoms with van der Waals surface area (Å²) in [5.74, 6) is -0.336. The predicted octanol–water partition coefficient (Wildman–Crippen LogP) is 3.14. The molecule has 0 bridgehead atoms. The summed E-state index contributed by atoms with van der Waals surface area (Å²) >= 11 is 7.36. The van der Waals surface area contributed by atoms with Gasteiger partial charge in [0.05, 0.1) is 27.0 Å². The van der Waals surface area contributed by atoms with Crippen LogP contribution in [0.25, 0.3) is 5.69 Å². The van der Waals surface area contributed by atoms with Gasteiger partial charge in [0.25, 0.3) is 0 Å². The maximum atomic E-state index is 12.8. The van der Waals surface area contributed by atoms with Gasteiger partial charge in [0.15, 0.2) is 0 Å². The second kappa shape index (κ2) is 9.57. The lowest BCUT2D eigenvalue weighted by atomic mass is 10.2. The van der Waals surface area contributed by atoms with Gasteiger partial charge in [0, 0.05) is 13.1 Å². The number of aromatic nitrogens is 4. The van der Waals surface area contributed by atoms with E-state index >= 15 is 0 Å². The number of amides is 1. The Morgan fingerprint density at radius 1 is 1.16 bits per heavy atom. The molecule has 0 atom stereocenters. The molecule has 1 N–H and O–H groups in total. The van der Waals surface area contributed by atoms with Gasteiger partial charge >= 0.3 is 0 Å². The minimum atomic E-state index is -3.61. The Kier molecular flexibility index (Phi) is 6.79. The van der Waals surface area contributed by atoms with E-state index in [0.29, 0.717) is 18.2 Å². The van der Waals surface area contributed by atoms with E-state index in [9.17, 15) is 13.2 Å². The van der Waals surface area contributed by atoms with E-state index in [1.165, 1.54) is 22.5 Å². The molecule has 1 aliphatic heterocycles. The normalized spacial score (nSPS) is 14.6. The van der Waals surface area contributed by atoms with E-state index < -0.39 is 10.0 Å². The van der Waals surface area contributed by atoms with E-state index in [2.05, 4.69) is 20.8 Å². The molecule has 1 fully saturated rings. The minimum Gasteiger partial charge on any atom is -0.324 e. The van der Waals surface area contributed by atoms with Crippen LogP contribution < -0.4 is 5.32 Å². The lowest BCUT2D eigenvalue weighted by Crippen LogP contribution is -2.28. The standard InChI is InChI=1S/C20H21ClN6O3S2/c1-14-4-6-15(7-5-14)27-20(23-24-25-27)31-13-19(28)22-18-12-16(8-9-17(18)21)32(29,30)26-10-2-3-11-26/h4-9,12H,2-3,10-11,13H2,1H3,(H,22,28). The summed E-state index contributed by atoms with van der Waals surface area (Å²) in [4.78, 5) is 12.6. The summed E-state index contributed by atoms with van der Waals surface area (Å²) in [6.07, 6.45) is 1.69. The topological polar surface area (TPSA) is 110 Å². The van der Waals surface area contributed by atoms with Crippen molar-refractivity contribution < 1.29 is 13.2 Å². The number of rotatable bonds is 7. The van der Waals surface area contributed by atoms with Gasteiger partial charge in [-0.1, -0.05) is 41.1 Å². The number of benzene rings is 2. The van der Waals surface area contributed by atoms with Gasteiger partial charge in [-0.15, -0.1) is 5.10 Å². The van der Waals surface area contributed by atoms with E-state index in [4.69, 9.17) is 11.6 Å². The Morgan fingerprint density at radius 2 is 1.88 bits per heavy atom. The summed E-state index contributed by atoms with van der Waals surface area (Å²) < 4.78 is 28.6. The summed E-state index contributed by atoms with van der Waals surface area (Å²) in [6.45, 7) is 2.98. The molecule has 2 heterocycles. The van der Waals surface area contributed by atoms with E-state index in [1.807, 2.05) is 31.2 Å². The molecule has 9 nitrogen and oxygen atoms in total. The molecule has 1 saturated heterocycles. The molecule has 0 radical (unpaired) electrons. The molecule has 0 aliphatic carbocycles. The number of thioether (sulfide) groups is 1. The van der Waals surface area contributed by atoms with Crippen LogP contribution in [-0.2, 0) is 14.8 Å². The molecule has 0 spiro atoms. The molecule has 3 aromatic rings. The third-order valence-corrected chi connectivity index (χ3v) is 8.11. The van der Waals surface area contributed by atoms with Crippen LogP contribution in [-0.4, -0.2) is 57.7 Å². The van der Waals surface area contributed by atoms with Crippen LogP contribution in [0.3, 0.4) is 0 Å². The fourth-order valence-electron chi connectivity index (χ4n) is 3.27. The zero-order valence-corrected chi connectivity index (χ0v) is 19.6. The number of carbonyl (C=O) groups excluding carboxylic acids is 1. The van der Waals surface area contributed by atoms with Crippen molar-refractivity contribution in [2.45, 2.75) is 29.8 Å². The zero-order chi connectivity index (χ0) is 22.7. The molecule has 1 amide bonds. The number of sulfonamides is 1. The molecular formula is C20H21ClN6O3S2. The number of carbonyl (C=O) groups is 1. The van der Waals surface area contributed by atoms with Crippen LogP contribution >= 0.6 is 23.4 Å². The number of hydrogen-bond donors (Lipinski definition) is 1. The molecule has 4 rings (SSSR count). The summed E-state index contributed by atoms with van der Waals surface area (Å²) in [5.41, 5.74) is 2.14. The fraction of sp³-hybridized carbons (Fsp3) is 0.300. The van der Waals surface area contributed by atoms with Crippen molar-refractivity contribution in [2.24, 2.45) is 0 Å². The van der Waals surface area contributed by atoms with Crippen LogP contribution in [0.5, 0.6) is 0 Å². The van der Waals surface area contributed by atoms with Crippen molar-refractivity contribution in [3.05, 3.63) is 53.1 Å². The molecule has 1 aromatic heterocycles. The zero-order valence-electron chi connectivity index (χ0n) is 17.2. The summed E-state index contributed by atoms with van der Waals surface area (Å²) in [7, 11) is -3.61. The Balaban J connectivity index is 1.44. The van der Waals surface area contributed by atoms with Crippen LogP contribution in [0.2, 0.25) is 5.02 Å². The lowest BCUT2D eigenvalue weighted by molar-refractivity contribution is -0.113. The van der Waals surface area contributed by atoms with Gasteiger partial charge < -0.3 is 5.32 Å². The highest BCUT2D eigenvalue weighted by molar-refractivity contribution is 7.99. The second-order valence-corrected chi connectivity index (χ2v) is 10.6. The quantitative estimate of drug-likeness (QED) is 0.504. The van der Waals surface area contributed by atoms with Gasteiger partial charge in [-0.05, 0) is 60.5 Å². The molecule has 0 saturated carbocycles. The molecule has 0 unspecified atom stereocenters. The number of tetrazole rings is 1. The smallest absolute Gasteiger partial charge is 0.243 e. The minimum absolute atomic E-state index is 0.0195. The van der Waals surface area contributed by atoms with Gasteiger partial charge in [0.2, 0.25) is 21.1 Å². The SMILES string of the molecule is Cc1ccc(-n2nnnc2SCC(=O)Nc2cc(S(=O)(=O)N3CCCC3)ccc2Cl)cc1. The van der Waals surface area contributed by atoms with E-state index in [-0.39, 0.29) is 27.3 Å². The van der Waals surface area contributed by atoms with Crippen LogP contribution in [0.15, 0.2) is 52.5 Å². The Bertz CT molecular complexity index is 1220. The van der Waals surface area contributed by atoms with Crippen molar-refractivity contribution in [1.82, 2.24) is 24.5 Å². The Hall–Kier alpha value is -2.47. The summed E-state index contributed by atoms with van der Waals surface area (Å²) in [6, 6.07) is 12.0. The molecule has 12 heteroatoms. The highest BCUT2D eigenvalue weighted by Gasteiger charge is 2.27. The van der Waals surface area contributed by atoms with E-state index in [1.54, 1.807) is 4.68 Å². The van der Waals surface area contributed by atoms with E-state index in [0.717, 1.165) is 35.9 Å². The number of nitrogens with zero attached hydrogens (tertiary/aromatic N) is 5. The first-order valence-electron chi connectivity index (χ1n) is 9.92. The van der Waals surface area contributed by atoms with Gasteiger partial charge in [-0.3, -0.25) is 4.79 Å². The molecule has 2 aromatic carbocycles. The third-order valence-electron chi connectivity index (χ3n) is 4.97. The second-order valence-electron chi connectivity index (χ2n) is 7.30. The monoisotopic (exact) mass is 492 g/mol. The average Bonchev–Trinajstić information content (AvgIpc) is 3.47. The first-order chi connectivity index (χ1) is 15.3. The van der Waals surface area contributed by atoms with Crippen molar-refractivity contribution in [2.75, 3.05) is 24.2 Å². The molecular weight excluding hydrogens is 472 g/mol. The Labute approximate surface area is 195 Å². The third kappa shape index (κ3) is 4.96. The predicted molar refractivity (Wildman–Crippen MR) is 123 cm³/mol. The highest BCUT2D eigenvalue weighted by Crippen LogP contribution is 2.29. The van der Waals surface area contributed by atoms with Gasteiger partial charge in [-0.25, -0.2) is 8.42 Å². The number of halogens is 1. The van der Waals surface area contributed by atoms with Crippen molar-refractivity contribution in [3.63, 3.8) is 0 Å². The largest absolute Gasteiger partial charge is 0.324 e. The number of nitrogens with one attached hydrogen (secondary N) is 1. The van der Waals surface area contributed by atoms with Crippen LogP contribution in [0, 0.1) is 6.92 Å². The van der Waals surface area contributed by atoms with Crippen LogP contribution in [0.1, 0.15) is 18.4 Å². The van der Waals surface area contributed by atoms with Gasteiger partial charge in [-0.2, -0.15) is 8.99 Å². The lowest BCUT2D eigenvalue weighted by Gasteiger charge is -2.16. The maximum Gasteiger partial charge on any atom is 0.243 e. The molecule has 1 aliphatic rings. The summed E-state index contributed by atoms with van der Waals surface area (Å²) in [5, 5.41) is 15.1. The first kappa shape index (κ1) is 22.7. The number of anilines is 1. The van der Waals surface area contributed by atoms with Crippen LogP contribution in [0.4, 0.5) is 5.69 Å². The fourth-order valence-corrected chi connectivity index (χ4v) is 5.67.